The minimum atomic E-state index is 0. The van der Waals surface area contributed by atoms with E-state index in [4.69, 9.17) is 0 Å². The summed E-state index contributed by atoms with van der Waals surface area (Å²) in [5.41, 5.74) is 0. The molecular weight excluding hydrogens is 159 g/mol. The van der Waals surface area contributed by atoms with E-state index in [1.54, 1.807) is 0 Å². The van der Waals surface area contributed by atoms with Gasteiger partial charge in [-0.1, -0.05) is 0 Å². The molecule has 0 spiro atoms. The first kappa shape index (κ1) is 11.0. The second kappa shape index (κ2) is 5.59. The Balaban J connectivity index is 0.000001000. The summed E-state index contributed by atoms with van der Waals surface area (Å²) in [5.74, 6) is 0. The molecule has 0 amide bonds. The van der Waals surface area contributed by atoms with Crippen LogP contribution in [-0.2, 0) is 0 Å². The van der Waals surface area contributed by atoms with Gasteiger partial charge in [0.05, 0.1) is 13.1 Å². The Morgan fingerprint density at radius 3 is 2.36 bits per heavy atom. The van der Waals surface area contributed by atoms with Crippen molar-refractivity contribution in [3.8, 4) is 0 Å². The molecule has 0 aromatic rings. The molecule has 1 fully saturated rings. The first-order chi connectivity index (χ1) is 4.84. The molecule has 1 rings (SSSR count). The smallest absolute Gasteiger partial charge is 0.737 e. The molecule has 11 heavy (non-hydrogen) atoms. The molecule has 0 aromatic carbocycles. The molecule has 0 atom stereocenters. The molecule has 0 aliphatic carbocycles. The Bertz CT molecular complexity index is 136. The van der Waals surface area contributed by atoms with E-state index in [0.29, 0.717) is 13.1 Å². The van der Waals surface area contributed by atoms with E-state index in [0.717, 1.165) is 13.1 Å². The van der Waals surface area contributed by atoms with Crippen molar-refractivity contribution < 1.29 is 34.5 Å². The third-order valence-corrected chi connectivity index (χ3v) is 1.41. The maximum atomic E-state index is 10.5. The third-order valence-electron chi connectivity index (χ3n) is 1.41. The van der Waals surface area contributed by atoms with Crippen LogP contribution in [0.1, 0.15) is 0 Å². The van der Waals surface area contributed by atoms with Gasteiger partial charge in [-0.05, 0) is 5.28 Å². The molecule has 1 heterocycles. The second-order valence-electron chi connectivity index (χ2n) is 2.04. The Morgan fingerprint density at radius 1 is 1.36 bits per heavy atom. The number of hydrogen-bond acceptors (Lipinski definition) is 4. The quantitative estimate of drug-likeness (QED) is 0.189. The van der Waals surface area contributed by atoms with Crippen molar-refractivity contribution in [3.05, 3.63) is 10.4 Å². The molecule has 1 N–H and O–H groups in total. The van der Waals surface area contributed by atoms with Crippen LogP contribution in [0.15, 0.2) is 5.28 Å². The van der Waals surface area contributed by atoms with Crippen LogP contribution in [0.25, 0.3) is 0 Å². The fourth-order valence-electron chi connectivity index (χ4n) is 0.876. The van der Waals surface area contributed by atoms with Crippen molar-refractivity contribution in [1.82, 2.24) is 10.3 Å². The van der Waals surface area contributed by atoms with Gasteiger partial charge in [-0.25, -0.2) is 0 Å². The van der Waals surface area contributed by atoms with E-state index in [9.17, 15) is 10.4 Å². The number of nitrogens with one attached hydrogen (secondary N) is 1. The zero-order valence-electron chi connectivity index (χ0n) is 6.49. The van der Waals surface area contributed by atoms with Crippen LogP contribution in [0.4, 0.5) is 0 Å². The van der Waals surface area contributed by atoms with Gasteiger partial charge in [0.1, 0.15) is 0 Å². The van der Waals surface area contributed by atoms with Crippen LogP contribution in [0.3, 0.4) is 0 Å². The second-order valence-corrected chi connectivity index (χ2v) is 2.04. The Labute approximate surface area is 86.7 Å². The van der Waals surface area contributed by atoms with Crippen molar-refractivity contribution in [1.29, 1.82) is 0 Å². The molecular formula is C4H9N4NaO2. The van der Waals surface area contributed by atoms with Crippen LogP contribution < -0.4 is 34.9 Å². The molecule has 0 saturated carbocycles. The molecule has 0 radical (unpaired) electrons. The standard InChI is InChI=1S/C4H10N4O2.Na/c9-6-8(10)7-3-1-5-2-4-7;/h5,9H,1-4H2;/q;+1/p-1/b8-6+;. The van der Waals surface area contributed by atoms with E-state index in [1.807, 2.05) is 0 Å². The molecule has 1 aliphatic heterocycles. The van der Waals surface area contributed by atoms with Gasteiger partial charge >= 0.3 is 29.6 Å². The molecule has 58 valence electrons. The van der Waals surface area contributed by atoms with Crippen molar-refractivity contribution in [2.24, 2.45) is 5.28 Å². The number of nitrogens with zero attached hydrogens (tertiary/aromatic N) is 3. The normalized spacial score (nSPS) is 19.3. The van der Waals surface area contributed by atoms with Crippen molar-refractivity contribution in [2.75, 3.05) is 26.2 Å². The van der Waals surface area contributed by atoms with Gasteiger partial charge in [0, 0.05) is 18.1 Å². The molecule has 1 saturated heterocycles. The maximum Gasteiger partial charge on any atom is 1.00 e. The van der Waals surface area contributed by atoms with Gasteiger partial charge in [-0.3, -0.25) is 0 Å². The van der Waals surface area contributed by atoms with Gasteiger partial charge in [-0.15, -0.1) is 5.01 Å². The predicted molar refractivity (Wildman–Crippen MR) is 33.9 cm³/mol. The molecule has 0 aromatic heterocycles. The summed E-state index contributed by atoms with van der Waals surface area (Å²) >= 11 is 0. The summed E-state index contributed by atoms with van der Waals surface area (Å²) in [6.45, 7) is 2.56. The minimum absolute atomic E-state index is 0. The van der Waals surface area contributed by atoms with Gasteiger partial charge in [-0.2, -0.15) is 0 Å². The minimum Gasteiger partial charge on any atom is -0.737 e. The van der Waals surface area contributed by atoms with Gasteiger partial charge in [0.15, 0.2) is 0 Å². The fraction of sp³-hybridized carbons (Fsp3) is 1.00. The largest absolute Gasteiger partial charge is 1.00 e. The average molecular weight is 168 g/mol. The molecule has 0 unspecified atom stereocenters. The van der Waals surface area contributed by atoms with E-state index in [-0.39, 0.29) is 34.5 Å². The summed E-state index contributed by atoms with van der Waals surface area (Å²) in [5, 5.41) is 26.8. The molecule has 7 heteroatoms. The van der Waals surface area contributed by atoms with Gasteiger partial charge < -0.3 is 15.7 Å². The van der Waals surface area contributed by atoms with Crippen LogP contribution in [0, 0.1) is 10.4 Å². The van der Waals surface area contributed by atoms with Crippen LogP contribution in [0.5, 0.6) is 0 Å². The maximum absolute atomic E-state index is 10.5. The molecule has 0 bridgehead atoms. The summed E-state index contributed by atoms with van der Waals surface area (Å²) in [6.07, 6.45) is 0. The van der Waals surface area contributed by atoms with Gasteiger partial charge in [0.2, 0.25) is 0 Å². The monoisotopic (exact) mass is 168 g/mol. The number of hydrazine groups is 1. The fourth-order valence-corrected chi connectivity index (χ4v) is 0.876. The average Bonchev–Trinajstić information content (AvgIpc) is 2.05. The Kier molecular flexibility index (Phi) is 5.57. The summed E-state index contributed by atoms with van der Waals surface area (Å²) in [6, 6.07) is 0. The predicted octanol–water partition coefficient (Wildman–Crippen LogP) is -3.73. The molecule has 6 nitrogen and oxygen atoms in total. The van der Waals surface area contributed by atoms with E-state index in [2.05, 4.69) is 10.6 Å². The van der Waals surface area contributed by atoms with E-state index >= 15 is 0 Å². The summed E-state index contributed by atoms with van der Waals surface area (Å²) in [4.78, 5) is 0.0981. The Hall–Kier alpha value is -0.0400. The number of hydrogen-bond donors (Lipinski definition) is 1. The number of rotatable bonds is 1. The third kappa shape index (κ3) is 3.24. The first-order valence-corrected chi connectivity index (χ1v) is 3.10. The van der Waals surface area contributed by atoms with Crippen LogP contribution in [0.2, 0.25) is 0 Å². The zero-order chi connectivity index (χ0) is 7.40. The van der Waals surface area contributed by atoms with Crippen LogP contribution >= 0.6 is 0 Å². The summed E-state index contributed by atoms with van der Waals surface area (Å²) in [7, 11) is 0. The SMILES string of the molecule is [Na+].[O-]/N=[N+](/[O-])N1CCNCC1. The van der Waals surface area contributed by atoms with Crippen LogP contribution in [-0.4, -0.2) is 36.2 Å². The van der Waals surface area contributed by atoms with Crippen molar-refractivity contribution in [3.63, 3.8) is 0 Å². The van der Waals surface area contributed by atoms with Crippen molar-refractivity contribution >= 4 is 0 Å². The van der Waals surface area contributed by atoms with E-state index < -0.39 is 0 Å². The first-order valence-electron chi connectivity index (χ1n) is 3.10. The number of piperazine rings is 1. The molecule has 1 aliphatic rings. The summed E-state index contributed by atoms with van der Waals surface area (Å²) < 4.78 is 0. The van der Waals surface area contributed by atoms with Crippen molar-refractivity contribution in [2.45, 2.75) is 0 Å². The topological polar surface area (TPSA) is 76.8 Å². The zero-order valence-corrected chi connectivity index (χ0v) is 8.49. The van der Waals surface area contributed by atoms with E-state index in [1.165, 1.54) is 5.01 Å². The Morgan fingerprint density at radius 2 is 1.91 bits per heavy atom. The van der Waals surface area contributed by atoms with Gasteiger partial charge in [0.25, 0.3) is 0 Å².